The van der Waals surface area contributed by atoms with Crippen LogP contribution in [0.5, 0.6) is 0 Å². The van der Waals surface area contributed by atoms with Crippen molar-refractivity contribution in [2.45, 2.75) is 44.6 Å². The van der Waals surface area contributed by atoms with Gasteiger partial charge in [-0.2, -0.15) is 0 Å². The van der Waals surface area contributed by atoms with Crippen LogP contribution in [-0.4, -0.2) is 6.04 Å². The van der Waals surface area contributed by atoms with Crippen molar-refractivity contribution in [2.24, 2.45) is 17.6 Å². The van der Waals surface area contributed by atoms with E-state index in [1.807, 2.05) is 0 Å². The molecular formula is C9H17N. The second-order valence-corrected chi connectivity index (χ2v) is 3.96. The highest BCUT2D eigenvalue weighted by Gasteiger charge is 2.33. The molecule has 0 unspecified atom stereocenters. The van der Waals surface area contributed by atoms with E-state index in [1.54, 1.807) is 0 Å². The molecule has 0 bridgehead atoms. The molecule has 2 aliphatic carbocycles. The Hall–Kier alpha value is -0.0400. The van der Waals surface area contributed by atoms with Gasteiger partial charge in [0.15, 0.2) is 0 Å². The first-order valence-corrected chi connectivity index (χ1v) is 4.63. The second-order valence-electron chi connectivity index (χ2n) is 3.96. The van der Waals surface area contributed by atoms with Crippen molar-refractivity contribution in [1.82, 2.24) is 0 Å². The Bertz CT molecular complexity index is 99.9. The molecule has 0 atom stereocenters. The van der Waals surface area contributed by atoms with E-state index in [0.717, 1.165) is 11.8 Å². The van der Waals surface area contributed by atoms with Crippen molar-refractivity contribution < 1.29 is 0 Å². The third-order valence-electron chi connectivity index (χ3n) is 3.39. The Morgan fingerprint density at radius 3 is 1.50 bits per heavy atom. The molecule has 0 radical (unpaired) electrons. The van der Waals surface area contributed by atoms with Gasteiger partial charge >= 0.3 is 0 Å². The summed E-state index contributed by atoms with van der Waals surface area (Å²) in [6.07, 6.45) is 8.53. The Morgan fingerprint density at radius 2 is 1.30 bits per heavy atom. The van der Waals surface area contributed by atoms with Crippen LogP contribution in [0.1, 0.15) is 38.5 Å². The van der Waals surface area contributed by atoms with Gasteiger partial charge in [-0.25, -0.2) is 0 Å². The fourth-order valence-electron chi connectivity index (χ4n) is 2.03. The van der Waals surface area contributed by atoms with Gasteiger partial charge in [0, 0.05) is 6.04 Å². The van der Waals surface area contributed by atoms with Crippen LogP contribution in [0.2, 0.25) is 0 Å². The van der Waals surface area contributed by atoms with Gasteiger partial charge in [0.25, 0.3) is 0 Å². The average molecular weight is 139 g/mol. The maximum absolute atomic E-state index is 6.08. The van der Waals surface area contributed by atoms with Gasteiger partial charge in [-0.1, -0.05) is 12.8 Å². The average Bonchev–Trinajstić information content (AvgIpc) is 1.52. The van der Waals surface area contributed by atoms with E-state index >= 15 is 0 Å². The van der Waals surface area contributed by atoms with E-state index in [1.165, 1.54) is 38.5 Å². The van der Waals surface area contributed by atoms with Crippen LogP contribution in [0.3, 0.4) is 0 Å². The SMILES string of the molecule is NC(C1CCC1)C1CCC1. The van der Waals surface area contributed by atoms with E-state index in [4.69, 9.17) is 5.73 Å². The topological polar surface area (TPSA) is 26.0 Å². The van der Waals surface area contributed by atoms with Gasteiger partial charge in [0.05, 0.1) is 0 Å². The summed E-state index contributed by atoms with van der Waals surface area (Å²) in [6, 6.07) is 0.572. The zero-order valence-corrected chi connectivity index (χ0v) is 6.55. The van der Waals surface area contributed by atoms with Gasteiger partial charge in [0.1, 0.15) is 0 Å². The normalized spacial score (nSPS) is 28.2. The maximum atomic E-state index is 6.08. The third-order valence-corrected chi connectivity index (χ3v) is 3.39. The molecule has 0 amide bonds. The largest absolute Gasteiger partial charge is 0.327 e. The lowest BCUT2D eigenvalue weighted by Crippen LogP contribution is -2.43. The third kappa shape index (κ3) is 0.968. The van der Waals surface area contributed by atoms with Crippen molar-refractivity contribution >= 4 is 0 Å². The smallest absolute Gasteiger partial charge is 0.00956 e. The predicted octanol–water partition coefficient (Wildman–Crippen LogP) is 1.91. The van der Waals surface area contributed by atoms with Gasteiger partial charge in [-0.3, -0.25) is 0 Å². The highest BCUT2D eigenvalue weighted by molar-refractivity contribution is 4.88. The van der Waals surface area contributed by atoms with Crippen LogP contribution in [0, 0.1) is 11.8 Å². The summed E-state index contributed by atoms with van der Waals surface area (Å²) in [6.45, 7) is 0. The van der Waals surface area contributed by atoms with E-state index < -0.39 is 0 Å². The van der Waals surface area contributed by atoms with E-state index in [-0.39, 0.29) is 0 Å². The molecule has 1 heteroatoms. The number of hydrogen-bond acceptors (Lipinski definition) is 1. The van der Waals surface area contributed by atoms with E-state index in [2.05, 4.69) is 0 Å². The minimum atomic E-state index is 0.572. The molecule has 0 aromatic carbocycles. The number of rotatable bonds is 2. The second kappa shape index (κ2) is 2.54. The summed E-state index contributed by atoms with van der Waals surface area (Å²) >= 11 is 0. The molecule has 2 rings (SSSR count). The quantitative estimate of drug-likeness (QED) is 0.621. The first-order valence-electron chi connectivity index (χ1n) is 4.63. The summed E-state index contributed by atoms with van der Waals surface area (Å²) in [5.74, 6) is 1.82. The monoisotopic (exact) mass is 139 g/mol. The lowest BCUT2D eigenvalue weighted by atomic mass is 9.69. The Balaban J connectivity index is 1.79. The minimum absolute atomic E-state index is 0.572. The van der Waals surface area contributed by atoms with Crippen molar-refractivity contribution in [3.8, 4) is 0 Å². The zero-order chi connectivity index (χ0) is 6.97. The molecule has 0 aromatic rings. The van der Waals surface area contributed by atoms with Crippen LogP contribution in [0.4, 0.5) is 0 Å². The van der Waals surface area contributed by atoms with Crippen LogP contribution in [0.15, 0.2) is 0 Å². The molecule has 0 aromatic heterocycles. The molecule has 0 saturated heterocycles. The van der Waals surface area contributed by atoms with Crippen LogP contribution in [0.25, 0.3) is 0 Å². The molecule has 0 spiro atoms. The highest BCUT2D eigenvalue weighted by Crippen LogP contribution is 2.38. The minimum Gasteiger partial charge on any atom is -0.327 e. The number of nitrogens with two attached hydrogens (primary N) is 1. The van der Waals surface area contributed by atoms with Crippen molar-refractivity contribution in [1.29, 1.82) is 0 Å². The van der Waals surface area contributed by atoms with Crippen LogP contribution in [-0.2, 0) is 0 Å². The summed E-state index contributed by atoms with van der Waals surface area (Å²) < 4.78 is 0. The first kappa shape index (κ1) is 6.66. The van der Waals surface area contributed by atoms with Crippen molar-refractivity contribution in [2.75, 3.05) is 0 Å². The molecule has 0 aliphatic heterocycles. The summed E-state index contributed by atoms with van der Waals surface area (Å²) in [4.78, 5) is 0. The molecule has 2 saturated carbocycles. The molecule has 1 nitrogen and oxygen atoms in total. The lowest BCUT2D eigenvalue weighted by molar-refractivity contribution is 0.153. The Labute approximate surface area is 63.0 Å². The molecule has 2 aliphatic rings. The Morgan fingerprint density at radius 1 is 0.900 bits per heavy atom. The molecule has 0 heterocycles. The highest BCUT2D eigenvalue weighted by atomic mass is 14.7. The van der Waals surface area contributed by atoms with Gasteiger partial charge in [-0.15, -0.1) is 0 Å². The maximum Gasteiger partial charge on any atom is 0.00956 e. The van der Waals surface area contributed by atoms with Crippen LogP contribution >= 0.6 is 0 Å². The van der Waals surface area contributed by atoms with E-state index in [9.17, 15) is 0 Å². The summed E-state index contributed by atoms with van der Waals surface area (Å²) in [7, 11) is 0. The summed E-state index contributed by atoms with van der Waals surface area (Å²) in [5.41, 5.74) is 6.08. The van der Waals surface area contributed by atoms with E-state index in [0.29, 0.717) is 6.04 Å². The van der Waals surface area contributed by atoms with Gasteiger partial charge in [0.2, 0.25) is 0 Å². The zero-order valence-electron chi connectivity index (χ0n) is 6.55. The standard InChI is InChI=1S/C9H17N/c10-9(7-3-1-4-7)8-5-2-6-8/h7-9H,1-6,10H2. The van der Waals surface area contributed by atoms with Crippen molar-refractivity contribution in [3.05, 3.63) is 0 Å². The molecule has 10 heavy (non-hydrogen) atoms. The molecule has 2 fully saturated rings. The van der Waals surface area contributed by atoms with Gasteiger partial charge in [-0.05, 0) is 37.5 Å². The fourth-order valence-corrected chi connectivity index (χ4v) is 2.03. The molecule has 2 N–H and O–H groups in total. The molecule has 58 valence electrons. The van der Waals surface area contributed by atoms with Crippen molar-refractivity contribution in [3.63, 3.8) is 0 Å². The molecular weight excluding hydrogens is 122 g/mol. The fraction of sp³-hybridized carbons (Fsp3) is 1.00. The van der Waals surface area contributed by atoms with Gasteiger partial charge < -0.3 is 5.73 Å². The predicted molar refractivity (Wildman–Crippen MR) is 42.7 cm³/mol. The van der Waals surface area contributed by atoms with Crippen LogP contribution < -0.4 is 5.73 Å². The summed E-state index contributed by atoms with van der Waals surface area (Å²) in [5, 5.41) is 0. The number of hydrogen-bond donors (Lipinski definition) is 1. The lowest BCUT2D eigenvalue weighted by Gasteiger charge is -2.40. The first-order chi connectivity index (χ1) is 4.88. The Kier molecular flexibility index (Phi) is 1.69.